The summed E-state index contributed by atoms with van der Waals surface area (Å²) in [6, 6.07) is 0. The summed E-state index contributed by atoms with van der Waals surface area (Å²) in [5.74, 6) is 0.417. The van der Waals surface area contributed by atoms with Crippen molar-refractivity contribution in [2.75, 3.05) is 33.4 Å². The number of methoxy groups -OCH3 is 1. The zero-order chi connectivity index (χ0) is 10.2. The van der Waals surface area contributed by atoms with Crippen LogP contribution in [-0.2, 0) is 14.3 Å². The standard InChI is InChI=1S/C10H19NO3/c1-13-6-7-14-10(12)8-9-2-4-11-5-3-9/h9,11H,2-8H2,1H3. The maximum Gasteiger partial charge on any atom is 0.306 e. The average Bonchev–Trinajstić information content (AvgIpc) is 2.20. The number of piperidine rings is 1. The molecule has 1 aliphatic heterocycles. The molecule has 14 heavy (non-hydrogen) atoms. The molecule has 4 nitrogen and oxygen atoms in total. The molecule has 1 aliphatic rings. The van der Waals surface area contributed by atoms with Crippen molar-refractivity contribution < 1.29 is 14.3 Å². The molecule has 82 valence electrons. The molecule has 0 aromatic rings. The van der Waals surface area contributed by atoms with Crippen molar-refractivity contribution in [3.63, 3.8) is 0 Å². The lowest BCUT2D eigenvalue weighted by Gasteiger charge is -2.21. The Bertz CT molecular complexity index is 167. The smallest absolute Gasteiger partial charge is 0.306 e. The van der Waals surface area contributed by atoms with E-state index in [1.807, 2.05) is 0 Å². The number of carbonyl (C=O) groups is 1. The molecule has 0 bridgehead atoms. The molecule has 1 saturated heterocycles. The first-order chi connectivity index (χ1) is 6.83. The highest BCUT2D eigenvalue weighted by atomic mass is 16.6. The van der Waals surface area contributed by atoms with Gasteiger partial charge in [-0.3, -0.25) is 4.79 Å². The lowest BCUT2D eigenvalue weighted by atomic mass is 9.95. The van der Waals surface area contributed by atoms with Crippen LogP contribution >= 0.6 is 0 Å². The van der Waals surface area contributed by atoms with E-state index in [2.05, 4.69) is 5.32 Å². The Morgan fingerprint density at radius 2 is 2.07 bits per heavy atom. The predicted octanol–water partition coefficient (Wildman–Crippen LogP) is 0.566. The van der Waals surface area contributed by atoms with E-state index in [0.717, 1.165) is 25.9 Å². The van der Waals surface area contributed by atoms with Crippen LogP contribution in [0.2, 0.25) is 0 Å². The minimum Gasteiger partial charge on any atom is -0.463 e. The molecule has 0 aromatic heterocycles. The predicted molar refractivity (Wildman–Crippen MR) is 53.0 cm³/mol. The summed E-state index contributed by atoms with van der Waals surface area (Å²) in [4.78, 5) is 11.3. The van der Waals surface area contributed by atoms with Gasteiger partial charge in [-0.25, -0.2) is 0 Å². The van der Waals surface area contributed by atoms with Crippen LogP contribution in [0.1, 0.15) is 19.3 Å². The average molecular weight is 201 g/mol. The van der Waals surface area contributed by atoms with Crippen molar-refractivity contribution in [3.05, 3.63) is 0 Å². The second-order valence-corrected chi connectivity index (χ2v) is 3.61. The van der Waals surface area contributed by atoms with E-state index >= 15 is 0 Å². The van der Waals surface area contributed by atoms with E-state index in [1.54, 1.807) is 7.11 Å². The van der Waals surface area contributed by atoms with Crippen LogP contribution < -0.4 is 5.32 Å². The van der Waals surface area contributed by atoms with E-state index in [1.165, 1.54) is 0 Å². The summed E-state index contributed by atoms with van der Waals surface area (Å²) >= 11 is 0. The molecule has 0 radical (unpaired) electrons. The molecule has 0 amide bonds. The highest BCUT2D eigenvalue weighted by Crippen LogP contribution is 2.16. The van der Waals surface area contributed by atoms with Crippen LogP contribution in [-0.4, -0.2) is 39.4 Å². The van der Waals surface area contributed by atoms with Crippen LogP contribution in [0.4, 0.5) is 0 Å². The first kappa shape index (κ1) is 11.5. The Labute approximate surface area is 85.0 Å². The number of esters is 1. The molecule has 0 saturated carbocycles. The van der Waals surface area contributed by atoms with Gasteiger partial charge in [0.25, 0.3) is 0 Å². The van der Waals surface area contributed by atoms with E-state index in [0.29, 0.717) is 25.6 Å². The topological polar surface area (TPSA) is 47.6 Å². The van der Waals surface area contributed by atoms with Gasteiger partial charge >= 0.3 is 5.97 Å². The van der Waals surface area contributed by atoms with Gasteiger partial charge in [-0.1, -0.05) is 0 Å². The first-order valence-electron chi connectivity index (χ1n) is 5.18. The number of nitrogens with one attached hydrogen (secondary N) is 1. The molecule has 0 spiro atoms. The molecule has 1 rings (SSSR count). The fourth-order valence-corrected chi connectivity index (χ4v) is 1.62. The maximum absolute atomic E-state index is 11.3. The fourth-order valence-electron chi connectivity index (χ4n) is 1.62. The monoisotopic (exact) mass is 201 g/mol. The normalized spacial score (nSPS) is 18.1. The molecule has 0 atom stereocenters. The molecule has 0 aliphatic carbocycles. The van der Waals surface area contributed by atoms with Crippen LogP contribution in [0.5, 0.6) is 0 Å². The lowest BCUT2D eigenvalue weighted by molar-refractivity contribution is -0.146. The van der Waals surface area contributed by atoms with Gasteiger partial charge in [0.2, 0.25) is 0 Å². The molecule has 0 aromatic carbocycles. The SMILES string of the molecule is COCCOC(=O)CC1CCNCC1. The maximum atomic E-state index is 11.3. The Hall–Kier alpha value is -0.610. The van der Waals surface area contributed by atoms with Crippen LogP contribution in [0, 0.1) is 5.92 Å². The Morgan fingerprint density at radius 1 is 1.36 bits per heavy atom. The summed E-state index contributed by atoms with van der Waals surface area (Å²) in [5.41, 5.74) is 0. The third-order valence-corrected chi connectivity index (χ3v) is 2.46. The molecular weight excluding hydrogens is 182 g/mol. The zero-order valence-corrected chi connectivity index (χ0v) is 8.75. The van der Waals surface area contributed by atoms with Gasteiger partial charge in [-0.15, -0.1) is 0 Å². The van der Waals surface area contributed by atoms with Gasteiger partial charge < -0.3 is 14.8 Å². The Kier molecular flexibility index (Phi) is 5.56. The summed E-state index contributed by atoms with van der Waals surface area (Å²) < 4.78 is 9.80. The largest absolute Gasteiger partial charge is 0.463 e. The van der Waals surface area contributed by atoms with Crippen LogP contribution in [0.3, 0.4) is 0 Å². The molecule has 1 N–H and O–H groups in total. The fraction of sp³-hybridized carbons (Fsp3) is 0.900. The number of hydrogen-bond donors (Lipinski definition) is 1. The van der Waals surface area contributed by atoms with E-state index in [-0.39, 0.29) is 5.97 Å². The third kappa shape index (κ3) is 4.58. The van der Waals surface area contributed by atoms with Crippen molar-refractivity contribution in [1.29, 1.82) is 0 Å². The highest BCUT2D eigenvalue weighted by molar-refractivity contribution is 5.69. The van der Waals surface area contributed by atoms with Gasteiger partial charge in [0.1, 0.15) is 6.61 Å². The number of ether oxygens (including phenoxy) is 2. The number of hydrogen-bond acceptors (Lipinski definition) is 4. The Balaban J connectivity index is 2.06. The van der Waals surface area contributed by atoms with Crippen molar-refractivity contribution in [1.82, 2.24) is 5.32 Å². The quantitative estimate of drug-likeness (QED) is 0.521. The van der Waals surface area contributed by atoms with Crippen molar-refractivity contribution in [2.45, 2.75) is 19.3 Å². The minimum atomic E-state index is -0.0889. The van der Waals surface area contributed by atoms with Gasteiger partial charge in [0, 0.05) is 13.5 Å². The highest BCUT2D eigenvalue weighted by Gasteiger charge is 2.17. The summed E-state index contributed by atoms with van der Waals surface area (Å²) in [6.07, 6.45) is 2.73. The van der Waals surface area contributed by atoms with Crippen LogP contribution in [0.25, 0.3) is 0 Å². The molecule has 4 heteroatoms. The number of rotatable bonds is 5. The van der Waals surface area contributed by atoms with Gasteiger partial charge in [-0.2, -0.15) is 0 Å². The van der Waals surface area contributed by atoms with Crippen LogP contribution in [0.15, 0.2) is 0 Å². The van der Waals surface area contributed by atoms with Crippen molar-refractivity contribution >= 4 is 5.97 Å². The van der Waals surface area contributed by atoms with E-state index in [9.17, 15) is 4.79 Å². The summed E-state index contributed by atoms with van der Waals surface area (Å²) in [5, 5.41) is 3.27. The minimum absolute atomic E-state index is 0.0889. The van der Waals surface area contributed by atoms with Crippen molar-refractivity contribution in [3.8, 4) is 0 Å². The molecule has 1 heterocycles. The molecular formula is C10H19NO3. The second kappa shape index (κ2) is 6.79. The lowest BCUT2D eigenvalue weighted by Crippen LogP contribution is -2.29. The summed E-state index contributed by atoms with van der Waals surface area (Å²) in [7, 11) is 1.60. The van der Waals surface area contributed by atoms with Gasteiger partial charge in [0.15, 0.2) is 0 Å². The molecule has 0 unspecified atom stereocenters. The van der Waals surface area contributed by atoms with Crippen molar-refractivity contribution in [2.24, 2.45) is 5.92 Å². The van der Waals surface area contributed by atoms with E-state index in [4.69, 9.17) is 9.47 Å². The van der Waals surface area contributed by atoms with Gasteiger partial charge in [0.05, 0.1) is 6.61 Å². The third-order valence-electron chi connectivity index (χ3n) is 2.46. The first-order valence-corrected chi connectivity index (χ1v) is 5.18. The Morgan fingerprint density at radius 3 is 2.71 bits per heavy atom. The zero-order valence-electron chi connectivity index (χ0n) is 8.75. The number of carbonyl (C=O) groups excluding carboxylic acids is 1. The second-order valence-electron chi connectivity index (χ2n) is 3.61. The summed E-state index contributed by atoms with van der Waals surface area (Å²) in [6.45, 7) is 2.91. The van der Waals surface area contributed by atoms with E-state index < -0.39 is 0 Å². The molecule has 1 fully saturated rings. The van der Waals surface area contributed by atoms with Gasteiger partial charge in [-0.05, 0) is 31.8 Å².